The highest BCUT2D eigenvalue weighted by Crippen LogP contribution is 2.54. The Hall–Kier alpha value is -3.67. The predicted octanol–water partition coefficient (Wildman–Crippen LogP) is 3.89. The molecule has 7 rings (SSSR count). The van der Waals surface area contributed by atoms with Gasteiger partial charge >= 0.3 is 6.01 Å². The second-order valence-corrected chi connectivity index (χ2v) is 11.2. The lowest BCUT2D eigenvalue weighted by Gasteiger charge is -2.39. The summed E-state index contributed by atoms with van der Waals surface area (Å²) in [7, 11) is 2.15. The number of nitrogens with zero attached hydrogens (tertiary/aromatic N) is 5. The van der Waals surface area contributed by atoms with E-state index in [0.29, 0.717) is 31.0 Å². The van der Waals surface area contributed by atoms with Crippen LogP contribution in [0.2, 0.25) is 0 Å². The minimum atomic E-state index is -0.582. The molecule has 8 heteroatoms. The summed E-state index contributed by atoms with van der Waals surface area (Å²) in [6, 6.07) is 20.3. The molecule has 4 aliphatic rings. The second kappa shape index (κ2) is 9.82. The van der Waals surface area contributed by atoms with Gasteiger partial charge < -0.3 is 24.6 Å². The van der Waals surface area contributed by atoms with E-state index in [2.05, 4.69) is 76.8 Å². The zero-order valence-corrected chi connectivity index (χ0v) is 22.4. The van der Waals surface area contributed by atoms with Crippen LogP contribution in [0.4, 0.5) is 5.82 Å². The fourth-order valence-electron chi connectivity index (χ4n) is 6.87. The molecule has 2 fully saturated rings. The molecule has 0 unspecified atom stereocenters. The number of ether oxygens (including phenoxy) is 2. The fourth-order valence-corrected chi connectivity index (χ4v) is 6.87. The van der Waals surface area contributed by atoms with Gasteiger partial charge in [0.25, 0.3) is 0 Å². The van der Waals surface area contributed by atoms with Crippen molar-refractivity contribution in [3.8, 4) is 29.1 Å². The summed E-state index contributed by atoms with van der Waals surface area (Å²) in [5.41, 5.74) is 5.31. The van der Waals surface area contributed by atoms with Crippen molar-refractivity contribution in [2.45, 2.75) is 49.8 Å². The number of aromatic nitrogens is 2. The Labute approximate surface area is 229 Å². The van der Waals surface area contributed by atoms with Gasteiger partial charge in [-0.1, -0.05) is 48.5 Å². The molecule has 4 heterocycles. The maximum absolute atomic E-state index is 9.31. The van der Waals surface area contributed by atoms with E-state index < -0.39 is 5.60 Å². The Morgan fingerprint density at radius 1 is 1.10 bits per heavy atom. The zero-order chi connectivity index (χ0) is 26.4. The molecular formula is C31H34N6O2. The Morgan fingerprint density at radius 3 is 2.59 bits per heavy atom. The Kier molecular flexibility index (Phi) is 6.14. The highest BCUT2D eigenvalue weighted by Gasteiger charge is 2.48. The lowest BCUT2D eigenvalue weighted by atomic mass is 9.83. The number of likely N-dealkylation sites (N-methyl/N-ethyl adjacent to an activating group) is 1. The van der Waals surface area contributed by atoms with Gasteiger partial charge in [0.05, 0.1) is 18.1 Å². The van der Waals surface area contributed by atoms with Gasteiger partial charge in [-0.05, 0) is 44.0 Å². The van der Waals surface area contributed by atoms with Crippen LogP contribution >= 0.6 is 0 Å². The third-order valence-electron chi connectivity index (χ3n) is 8.91. The van der Waals surface area contributed by atoms with E-state index in [1.807, 2.05) is 0 Å². The van der Waals surface area contributed by atoms with Crippen LogP contribution in [0.15, 0.2) is 48.5 Å². The number of benzene rings is 2. The molecule has 0 amide bonds. The van der Waals surface area contributed by atoms with Gasteiger partial charge in [-0.2, -0.15) is 15.2 Å². The normalized spacial score (nSPS) is 23.0. The van der Waals surface area contributed by atoms with Crippen LogP contribution in [0.3, 0.4) is 0 Å². The SMILES string of the molecule is CN1CCC[C@H]1COc1nc2c(c(N3CCN[C@@H](CC#N)C3)n1)CCC1(O2)c2ccccc2-c2ccccc21. The molecule has 0 radical (unpaired) electrons. The summed E-state index contributed by atoms with van der Waals surface area (Å²) in [6.45, 7) is 3.99. The van der Waals surface area contributed by atoms with Gasteiger partial charge in [-0.25, -0.2) is 0 Å². The molecule has 2 saturated heterocycles. The largest absolute Gasteiger partial charge is 0.462 e. The summed E-state index contributed by atoms with van der Waals surface area (Å²) in [6.07, 6.45) is 4.38. The smallest absolute Gasteiger partial charge is 0.321 e. The van der Waals surface area contributed by atoms with Crippen LogP contribution in [0.5, 0.6) is 11.9 Å². The highest BCUT2D eigenvalue weighted by molar-refractivity contribution is 5.80. The lowest BCUT2D eigenvalue weighted by molar-refractivity contribution is 0.0805. The first-order valence-electron chi connectivity index (χ1n) is 14.1. The molecule has 200 valence electrons. The Balaban J connectivity index is 1.29. The number of rotatable bonds is 5. The first-order chi connectivity index (χ1) is 19.2. The average molecular weight is 523 g/mol. The summed E-state index contributed by atoms with van der Waals surface area (Å²) < 4.78 is 13.3. The standard InChI is InChI=1S/C31H34N6O2/c1-36-17-6-7-22(36)20-38-30-34-28(37-18-16-33-21(19-37)13-15-32)25-12-14-31(39-29(25)35-30)26-10-4-2-8-23(26)24-9-3-5-11-27(24)31/h2-5,8-11,21-22,33H,6-7,12-14,16-20H2,1H3/t21-,22-/m0/s1. The maximum Gasteiger partial charge on any atom is 0.321 e. The van der Waals surface area contributed by atoms with Crippen molar-refractivity contribution in [1.82, 2.24) is 20.2 Å². The van der Waals surface area contributed by atoms with Gasteiger partial charge in [0.1, 0.15) is 12.4 Å². The first kappa shape index (κ1) is 24.4. The maximum atomic E-state index is 9.31. The summed E-state index contributed by atoms with van der Waals surface area (Å²) in [5.74, 6) is 1.50. The van der Waals surface area contributed by atoms with Crippen LogP contribution < -0.4 is 19.7 Å². The molecular weight excluding hydrogens is 488 g/mol. The molecule has 3 aromatic rings. The molecule has 3 aliphatic heterocycles. The fraction of sp³-hybridized carbons (Fsp3) is 0.452. The molecule has 39 heavy (non-hydrogen) atoms. The number of anilines is 1. The minimum absolute atomic E-state index is 0.107. The Morgan fingerprint density at radius 2 is 1.87 bits per heavy atom. The van der Waals surface area contributed by atoms with Crippen molar-refractivity contribution in [2.75, 3.05) is 44.7 Å². The molecule has 0 bridgehead atoms. The molecule has 1 N–H and O–H groups in total. The molecule has 1 aromatic heterocycles. The number of nitriles is 1. The average Bonchev–Trinajstić information content (AvgIpc) is 3.50. The van der Waals surface area contributed by atoms with Crippen LogP contribution in [0.25, 0.3) is 11.1 Å². The molecule has 0 saturated carbocycles. The number of fused-ring (bicyclic) bond motifs is 6. The summed E-state index contributed by atoms with van der Waals surface area (Å²) in [4.78, 5) is 14.5. The van der Waals surface area contributed by atoms with E-state index in [0.717, 1.165) is 56.8 Å². The number of hydrogen-bond donors (Lipinski definition) is 1. The van der Waals surface area contributed by atoms with Crippen molar-refractivity contribution in [3.05, 3.63) is 65.2 Å². The topological polar surface area (TPSA) is 86.5 Å². The highest BCUT2D eigenvalue weighted by atomic mass is 16.5. The number of nitrogens with one attached hydrogen (secondary N) is 1. The van der Waals surface area contributed by atoms with E-state index in [-0.39, 0.29) is 6.04 Å². The first-order valence-corrected chi connectivity index (χ1v) is 14.1. The van der Waals surface area contributed by atoms with E-state index in [4.69, 9.17) is 19.4 Å². The minimum Gasteiger partial charge on any atom is -0.462 e. The monoisotopic (exact) mass is 522 g/mol. The van der Waals surface area contributed by atoms with Gasteiger partial charge in [0.15, 0.2) is 5.60 Å². The quantitative estimate of drug-likeness (QED) is 0.540. The van der Waals surface area contributed by atoms with E-state index in [1.54, 1.807) is 0 Å². The third-order valence-corrected chi connectivity index (χ3v) is 8.91. The molecule has 1 spiro atoms. The summed E-state index contributed by atoms with van der Waals surface area (Å²) >= 11 is 0. The van der Waals surface area contributed by atoms with Crippen LogP contribution in [-0.4, -0.2) is 66.8 Å². The number of likely N-dealkylation sites (tertiary alicyclic amines) is 1. The van der Waals surface area contributed by atoms with Crippen molar-refractivity contribution < 1.29 is 9.47 Å². The van der Waals surface area contributed by atoms with Crippen LogP contribution in [-0.2, 0) is 12.0 Å². The Bertz CT molecular complexity index is 1390. The molecule has 2 aromatic carbocycles. The molecule has 2 atom stereocenters. The van der Waals surface area contributed by atoms with Gasteiger partial charge in [0.2, 0.25) is 5.88 Å². The predicted molar refractivity (Wildman–Crippen MR) is 149 cm³/mol. The van der Waals surface area contributed by atoms with E-state index >= 15 is 0 Å². The van der Waals surface area contributed by atoms with Gasteiger partial charge in [0, 0.05) is 49.3 Å². The van der Waals surface area contributed by atoms with Crippen molar-refractivity contribution >= 4 is 5.82 Å². The van der Waals surface area contributed by atoms with E-state index in [1.165, 1.54) is 28.7 Å². The molecule has 1 aliphatic carbocycles. The number of piperazine rings is 1. The van der Waals surface area contributed by atoms with Crippen LogP contribution in [0, 0.1) is 11.3 Å². The lowest BCUT2D eigenvalue weighted by Crippen LogP contribution is -2.51. The van der Waals surface area contributed by atoms with Gasteiger partial charge in [-0.3, -0.25) is 0 Å². The van der Waals surface area contributed by atoms with Crippen molar-refractivity contribution in [2.24, 2.45) is 0 Å². The van der Waals surface area contributed by atoms with Crippen LogP contribution in [0.1, 0.15) is 42.4 Å². The third kappa shape index (κ3) is 4.12. The van der Waals surface area contributed by atoms with Crippen molar-refractivity contribution in [3.63, 3.8) is 0 Å². The molecule has 8 nitrogen and oxygen atoms in total. The van der Waals surface area contributed by atoms with Gasteiger partial charge in [-0.15, -0.1) is 0 Å². The number of hydrogen-bond acceptors (Lipinski definition) is 8. The van der Waals surface area contributed by atoms with E-state index in [9.17, 15) is 5.26 Å². The van der Waals surface area contributed by atoms with Crippen molar-refractivity contribution in [1.29, 1.82) is 5.26 Å². The second-order valence-electron chi connectivity index (χ2n) is 11.2. The summed E-state index contributed by atoms with van der Waals surface area (Å²) in [5, 5.41) is 12.8. The zero-order valence-electron chi connectivity index (χ0n) is 22.4.